The average molecular weight is 142 g/mol. The Kier molecular flexibility index (Phi) is 3.27. The van der Waals surface area contributed by atoms with Gasteiger partial charge >= 0.3 is 0 Å². The van der Waals surface area contributed by atoms with Crippen LogP contribution in [0.5, 0.6) is 0 Å². The van der Waals surface area contributed by atoms with Crippen LogP contribution in [0.1, 0.15) is 38.5 Å². The molecule has 1 rings (SSSR count). The highest BCUT2D eigenvalue weighted by atomic mass is 16.5. The van der Waals surface area contributed by atoms with Crippen LogP contribution >= 0.6 is 0 Å². The van der Waals surface area contributed by atoms with E-state index in [-0.39, 0.29) is 6.10 Å². The van der Waals surface area contributed by atoms with Crippen molar-refractivity contribution in [2.75, 3.05) is 0 Å². The van der Waals surface area contributed by atoms with E-state index in [1.54, 1.807) is 0 Å². The van der Waals surface area contributed by atoms with Crippen LogP contribution in [0.3, 0.4) is 0 Å². The lowest BCUT2D eigenvalue weighted by Crippen LogP contribution is -2.09. The van der Waals surface area contributed by atoms with Crippen LogP contribution in [0.2, 0.25) is 0 Å². The summed E-state index contributed by atoms with van der Waals surface area (Å²) >= 11 is 0. The molecular weight excluding hydrogens is 128 g/mol. The van der Waals surface area contributed by atoms with Gasteiger partial charge in [-0.1, -0.05) is 12.8 Å². The molecule has 0 N–H and O–H groups in total. The van der Waals surface area contributed by atoms with Gasteiger partial charge in [0.15, 0.2) is 0 Å². The van der Waals surface area contributed by atoms with Crippen LogP contribution in [0.25, 0.3) is 0 Å². The van der Waals surface area contributed by atoms with Crippen LogP contribution < -0.4 is 0 Å². The molecule has 1 fully saturated rings. The Morgan fingerprint density at radius 2 is 1.70 bits per heavy atom. The summed E-state index contributed by atoms with van der Waals surface area (Å²) in [7, 11) is 0. The van der Waals surface area contributed by atoms with Gasteiger partial charge in [-0.05, 0) is 25.7 Å². The summed E-state index contributed by atoms with van der Waals surface area (Å²) in [6, 6.07) is 0. The minimum Gasteiger partial charge on any atom is -0.465 e. The standard InChI is InChI=1S/C8H14O2/c9-7-10-8-5-3-1-2-4-6-8/h7-8H,1-6H2. The predicted molar refractivity (Wildman–Crippen MR) is 38.6 cm³/mol. The lowest BCUT2D eigenvalue weighted by molar-refractivity contribution is -0.134. The minimum absolute atomic E-state index is 0.222. The first kappa shape index (κ1) is 7.58. The van der Waals surface area contributed by atoms with Crippen LogP contribution in [0, 0.1) is 0 Å². The molecule has 0 amide bonds. The van der Waals surface area contributed by atoms with Crippen LogP contribution in [0.4, 0.5) is 0 Å². The lowest BCUT2D eigenvalue weighted by atomic mass is 10.2. The van der Waals surface area contributed by atoms with Gasteiger partial charge in [-0.25, -0.2) is 0 Å². The molecule has 0 saturated heterocycles. The van der Waals surface area contributed by atoms with Crippen molar-refractivity contribution in [3.05, 3.63) is 0 Å². The molecular formula is C8H14O2. The summed E-state index contributed by atoms with van der Waals surface area (Å²) < 4.78 is 4.88. The van der Waals surface area contributed by atoms with E-state index in [0.717, 1.165) is 12.8 Å². The van der Waals surface area contributed by atoms with E-state index in [0.29, 0.717) is 6.47 Å². The Morgan fingerprint density at radius 3 is 2.20 bits per heavy atom. The van der Waals surface area contributed by atoms with E-state index < -0.39 is 0 Å². The van der Waals surface area contributed by atoms with Gasteiger partial charge in [-0.2, -0.15) is 0 Å². The minimum atomic E-state index is 0.222. The van der Waals surface area contributed by atoms with Crippen molar-refractivity contribution in [2.24, 2.45) is 0 Å². The van der Waals surface area contributed by atoms with E-state index in [2.05, 4.69) is 0 Å². The maximum atomic E-state index is 9.96. The average Bonchev–Trinajstić information content (AvgIpc) is 2.17. The Bertz CT molecular complexity index is 93.4. The van der Waals surface area contributed by atoms with Gasteiger partial charge in [0, 0.05) is 0 Å². The molecule has 0 aliphatic heterocycles. The zero-order valence-corrected chi connectivity index (χ0v) is 6.21. The highest BCUT2D eigenvalue weighted by molar-refractivity contribution is 5.37. The predicted octanol–water partition coefficient (Wildman–Crippen LogP) is 1.88. The van der Waals surface area contributed by atoms with E-state index in [4.69, 9.17) is 4.74 Å². The molecule has 1 aliphatic rings. The third kappa shape index (κ3) is 2.38. The number of hydrogen-bond acceptors (Lipinski definition) is 2. The van der Waals surface area contributed by atoms with Gasteiger partial charge in [0.2, 0.25) is 0 Å². The number of carbonyl (C=O) groups excluding carboxylic acids is 1. The quantitative estimate of drug-likeness (QED) is 0.434. The van der Waals surface area contributed by atoms with Crippen molar-refractivity contribution < 1.29 is 9.53 Å². The van der Waals surface area contributed by atoms with E-state index >= 15 is 0 Å². The fourth-order valence-corrected chi connectivity index (χ4v) is 1.46. The van der Waals surface area contributed by atoms with E-state index in [1.165, 1.54) is 25.7 Å². The summed E-state index contributed by atoms with van der Waals surface area (Å²) in [5.74, 6) is 0. The lowest BCUT2D eigenvalue weighted by Gasteiger charge is -2.10. The summed E-state index contributed by atoms with van der Waals surface area (Å²) in [5.41, 5.74) is 0. The first-order valence-corrected chi connectivity index (χ1v) is 4.02. The van der Waals surface area contributed by atoms with Gasteiger partial charge in [0.25, 0.3) is 6.47 Å². The fourth-order valence-electron chi connectivity index (χ4n) is 1.46. The molecule has 0 aromatic carbocycles. The Balaban J connectivity index is 2.21. The van der Waals surface area contributed by atoms with E-state index in [1.807, 2.05) is 0 Å². The third-order valence-electron chi connectivity index (χ3n) is 2.05. The smallest absolute Gasteiger partial charge is 0.293 e. The molecule has 2 nitrogen and oxygen atoms in total. The van der Waals surface area contributed by atoms with Gasteiger partial charge in [0.1, 0.15) is 6.10 Å². The van der Waals surface area contributed by atoms with Gasteiger partial charge < -0.3 is 4.74 Å². The number of hydrogen-bond donors (Lipinski definition) is 0. The monoisotopic (exact) mass is 142 g/mol. The number of rotatable bonds is 2. The molecule has 0 atom stereocenters. The number of carbonyl (C=O) groups is 1. The molecule has 1 saturated carbocycles. The van der Waals surface area contributed by atoms with Crippen molar-refractivity contribution in [3.8, 4) is 0 Å². The Labute approximate surface area is 61.6 Å². The molecule has 0 radical (unpaired) electrons. The molecule has 0 aromatic rings. The molecule has 0 bridgehead atoms. The van der Waals surface area contributed by atoms with Crippen LogP contribution in [0.15, 0.2) is 0 Å². The third-order valence-corrected chi connectivity index (χ3v) is 2.05. The molecule has 0 unspecified atom stereocenters. The molecule has 58 valence electrons. The second-order valence-electron chi connectivity index (χ2n) is 2.85. The zero-order valence-electron chi connectivity index (χ0n) is 6.21. The van der Waals surface area contributed by atoms with Crippen LogP contribution in [-0.2, 0) is 9.53 Å². The van der Waals surface area contributed by atoms with Crippen molar-refractivity contribution >= 4 is 6.47 Å². The van der Waals surface area contributed by atoms with Gasteiger partial charge in [0.05, 0.1) is 0 Å². The van der Waals surface area contributed by atoms with Crippen LogP contribution in [-0.4, -0.2) is 12.6 Å². The van der Waals surface area contributed by atoms with Crippen molar-refractivity contribution in [1.82, 2.24) is 0 Å². The maximum absolute atomic E-state index is 9.96. The second kappa shape index (κ2) is 4.31. The summed E-state index contributed by atoms with van der Waals surface area (Å²) in [6.07, 6.45) is 7.41. The van der Waals surface area contributed by atoms with Crippen molar-refractivity contribution in [3.63, 3.8) is 0 Å². The number of ether oxygens (including phenoxy) is 1. The topological polar surface area (TPSA) is 26.3 Å². The summed E-state index contributed by atoms with van der Waals surface area (Å²) in [5, 5.41) is 0. The van der Waals surface area contributed by atoms with Crippen molar-refractivity contribution in [2.45, 2.75) is 44.6 Å². The summed E-state index contributed by atoms with van der Waals surface area (Å²) in [4.78, 5) is 9.96. The molecule has 0 heterocycles. The SMILES string of the molecule is O=COC1CCCCCC1. The van der Waals surface area contributed by atoms with E-state index in [9.17, 15) is 4.79 Å². The molecule has 10 heavy (non-hydrogen) atoms. The zero-order chi connectivity index (χ0) is 7.23. The maximum Gasteiger partial charge on any atom is 0.293 e. The van der Waals surface area contributed by atoms with Gasteiger partial charge in [-0.15, -0.1) is 0 Å². The normalized spacial score (nSPS) is 21.6. The highest BCUT2D eigenvalue weighted by Crippen LogP contribution is 2.18. The Hall–Kier alpha value is -0.530. The molecule has 1 aliphatic carbocycles. The van der Waals surface area contributed by atoms with Gasteiger partial charge in [-0.3, -0.25) is 4.79 Å². The second-order valence-corrected chi connectivity index (χ2v) is 2.85. The molecule has 0 spiro atoms. The Morgan fingerprint density at radius 1 is 1.10 bits per heavy atom. The first-order chi connectivity index (χ1) is 4.93. The first-order valence-electron chi connectivity index (χ1n) is 4.02. The van der Waals surface area contributed by atoms with Crippen molar-refractivity contribution in [1.29, 1.82) is 0 Å². The molecule has 0 aromatic heterocycles. The fraction of sp³-hybridized carbons (Fsp3) is 0.875. The largest absolute Gasteiger partial charge is 0.465 e. The summed E-state index contributed by atoms with van der Waals surface area (Å²) in [6.45, 7) is 0.579. The highest BCUT2D eigenvalue weighted by Gasteiger charge is 2.11. The molecule has 2 heteroatoms.